The van der Waals surface area contributed by atoms with Gasteiger partial charge in [-0.05, 0) is 24.6 Å². The van der Waals surface area contributed by atoms with Crippen LogP contribution in [-0.4, -0.2) is 46.9 Å². The third-order valence-corrected chi connectivity index (χ3v) is 5.03. The van der Waals surface area contributed by atoms with Crippen molar-refractivity contribution in [2.75, 3.05) is 12.4 Å². The molecule has 0 spiro atoms. The van der Waals surface area contributed by atoms with Crippen LogP contribution in [0.3, 0.4) is 0 Å². The van der Waals surface area contributed by atoms with Gasteiger partial charge in [-0.25, -0.2) is 19.0 Å². The quantitative estimate of drug-likeness (QED) is 0.544. The van der Waals surface area contributed by atoms with Gasteiger partial charge in [0.25, 0.3) is 5.91 Å². The topological polar surface area (TPSA) is 118 Å². The highest BCUT2D eigenvalue weighted by Gasteiger charge is 2.39. The van der Waals surface area contributed by atoms with Crippen molar-refractivity contribution in [1.82, 2.24) is 15.2 Å². The first-order chi connectivity index (χ1) is 13.8. The predicted molar refractivity (Wildman–Crippen MR) is 101 cm³/mol. The van der Waals surface area contributed by atoms with Crippen molar-refractivity contribution in [2.45, 2.75) is 25.9 Å². The van der Waals surface area contributed by atoms with E-state index in [1.807, 2.05) is 0 Å². The Morgan fingerprint density at radius 2 is 2.14 bits per heavy atom. The number of nitrogens with one attached hydrogen (secondary N) is 2. The summed E-state index contributed by atoms with van der Waals surface area (Å²) in [5.74, 6) is -2.23. The van der Waals surface area contributed by atoms with Crippen LogP contribution in [0.25, 0.3) is 0 Å². The summed E-state index contributed by atoms with van der Waals surface area (Å²) >= 11 is 1.09. The molecule has 152 valence electrons. The molecule has 1 aromatic carbocycles. The molecule has 0 unspecified atom stereocenters. The van der Waals surface area contributed by atoms with Crippen LogP contribution >= 0.6 is 11.3 Å². The Morgan fingerprint density at radius 3 is 2.83 bits per heavy atom. The largest absolute Gasteiger partial charge is 0.464 e. The minimum atomic E-state index is -1.04. The Hall–Kier alpha value is -3.34. The lowest BCUT2D eigenvalue weighted by Gasteiger charge is -2.13. The van der Waals surface area contributed by atoms with Crippen molar-refractivity contribution >= 4 is 40.3 Å². The van der Waals surface area contributed by atoms with Gasteiger partial charge >= 0.3 is 12.0 Å². The number of hydrogen-bond acceptors (Lipinski definition) is 7. The lowest BCUT2D eigenvalue weighted by Crippen LogP contribution is -2.34. The second-order valence-electron chi connectivity index (χ2n) is 6.22. The Labute approximate surface area is 168 Å². The van der Waals surface area contributed by atoms with Gasteiger partial charge in [0, 0.05) is 4.88 Å². The first-order valence-corrected chi connectivity index (χ1v) is 9.32. The van der Waals surface area contributed by atoms with E-state index in [0.29, 0.717) is 10.4 Å². The molecule has 3 rings (SSSR count). The number of imide groups is 1. The number of nitrogens with zero attached hydrogens (tertiary/aromatic N) is 2. The Morgan fingerprint density at radius 1 is 1.38 bits per heavy atom. The molecule has 2 N–H and O–H groups in total. The summed E-state index contributed by atoms with van der Waals surface area (Å²) in [5.41, 5.74) is 0.548. The number of benzene rings is 1. The lowest BCUT2D eigenvalue weighted by molar-refractivity contribution is -0.130. The molecule has 11 heteroatoms. The molecule has 1 atom stereocenters. The van der Waals surface area contributed by atoms with E-state index < -0.39 is 35.7 Å². The van der Waals surface area contributed by atoms with Gasteiger partial charge in [-0.1, -0.05) is 12.1 Å². The molecule has 0 bridgehead atoms. The van der Waals surface area contributed by atoms with Crippen LogP contribution in [0.4, 0.5) is 14.3 Å². The van der Waals surface area contributed by atoms with E-state index >= 15 is 0 Å². The van der Waals surface area contributed by atoms with Gasteiger partial charge in [-0.2, -0.15) is 0 Å². The van der Waals surface area contributed by atoms with Gasteiger partial charge in [-0.3, -0.25) is 14.5 Å². The molecular formula is C18H17FN4O5S. The molecule has 1 saturated heterocycles. The molecule has 0 saturated carbocycles. The van der Waals surface area contributed by atoms with Gasteiger partial charge in [0.05, 0.1) is 20.1 Å². The fraction of sp³-hybridized carbons (Fsp3) is 0.278. The first kappa shape index (κ1) is 20.4. The van der Waals surface area contributed by atoms with Crippen molar-refractivity contribution in [2.24, 2.45) is 0 Å². The molecule has 1 fully saturated rings. The maximum Gasteiger partial charge on any atom is 0.357 e. The van der Waals surface area contributed by atoms with E-state index in [-0.39, 0.29) is 23.8 Å². The number of halogens is 1. The summed E-state index contributed by atoms with van der Waals surface area (Å²) in [6.07, 6.45) is -0.309. The monoisotopic (exact) mass is 420 g/mol. The molecule has 1 aromatic heterocycles. The third-order valence-electron chi connectivity index (χ3n) is 4.15. The molecule has 1 aliphatic rings. The van der Waals surface area contributed by atoms with Gasteiger partial charge in [0.1, 0.15) is 11.9 Å². The van der Waals surface area contributed by atoms with Crippen LogP contribution in [0, 0.1) is 12.7 Å². The van der Waals surface area contributed by atoms with Crippen molar-refractivity contribution in [3.05, 3.63) is 46.2 Å². The van der Waals surface area contributed by atoms with Crippen LogP contribution in [0.5, 0.6) is 0 Å². The second kappa shape index (κ2) is 8.35. The molecule has 9 nitrogen and oxygen atoms in total. The Kier molecular flexibility index (Phi) is 5.87. The van der Waals surface area contributed by atoms with Crippen molar-refractivity contribution in [3.63, 3.8) is 0 Å². The third kappa shape index (κ3) is 4.57. The smallest absolute Gasteiger partial charge is 0.357 e. The zero-order chi connectivity index (χ0) is 21.1. The number of methoxy groups -OCH3 is 1. The summed E-state index contributed by atoms with van der Waals surface area (Å²) < 4.78 is 17.9. The maximum atomic E-state index is 13.3. The molecule has 2 heterocycles. The average molecular weight is 420 g/mol. The molecule has 29 heavy (non-hydrogen) atoms. The van der Waals surface area contributed by atoms with Crippen LogP contribution in [0.2, 0.25) is 0 Å². The number of esters is 1. The predicted octanol–water partition coefficient (Wildman–Crippen LogP) is 1.83. The minimum absolute atomic E-state index is 0.0966. The molecule has 2 aromatic rings. The standard InChI is InChI=1S/C18H17FN4O5S/c1-9-14(16(26)28-2)22-17(29-9)21-13(24)7-12-15(25)23(18(27)20-12)8-10-4-3-5-11(19)6-10/h3-6,12H,7-8H2,1-2H3,(H,20,27)(H,21,22,24)/t12-/m0/s1. The van der Waals surface area contributed by atoms with Crippen molar-refractivity contribution < 1.29 is 28.3 Å². The average Bonchev–Trinajstić information content (AvgIpc) is 3.15. The minimum Gasteiger partial charge on any atom is -0.464 e. The molecular weight excluding hydrogens is 403 g/mol. The Balaban J connectivity index is 1.62. The zero-order valence-corrected chi connectivity index (χ0v) is 16.3. The number of carbonyl (C=O) groups excluding carboxylic acids is 4. The van der Waals surface area contributed by atoms with Crippen LogP contribution in [0.15, 0.2) is 24.3 Å². The Bertz CT molecular complexity index is 992. The number of aryl methyl sites for hydroxylation is 1. The van der Waals surface area contributed by atoms with E-state index in [4.69, 9.17) is 0 Å². The number of ether oxygens (including phenoxy) is 1. The van der Waals surface area contributed by atoms with E-state index in [9.17, 15) is 23.6 Å². The number of thiazole rings is 1. The van der Waals surface area contributed by atoms with Gasteiger partial charge in [0.2, 0.25) is 5.91 Å². The number of hydrogen-bond donors (Lipinski definition) is 2. The van der Waals surface area contributed by atoms with Gasteiger partial charge < -0.3 is 15.4 Å². The van der Waals surface area contributed by atoms with Crippen LogP contribution in [0.1, 0.15) is 27.3 Å². The SMILES string of the molecule is COC(=O)c1nc(NC(=O)C[C@@H]2NC(=O)N(Cc3cccc(F)c3)C2=O)sc1C. The molecule has 4 amide bonds. The highest BCUT2D eigenvalue weighted by atomic mass is 32.1. The lowest BCUT2D eigenvalue weighted by atomic mass is 10.1. The summed E-state index contributed by atoms with van der Waals surface area (Å²) in [6.45, 7) is 1.55. The summed E-state index contributed by atoms with van der Waals surface area (Å²) in [5, 5.41) is 5.13. The van der Waals surface area contributed by atoms with E-state index in [1.54, 1.807) is 13.0 Å². The fourth-order valence-electron chi connectivity index (χ4n) is 2.77. The van der Waals surface area contributed by atoms with E-state index in [1.165, 1.54) is 25.3 Å². The van der Waals surface area contributed by atoms with E-state index in [0.717, 1.165) is 16.2 Å². The number of carbonyl (C=O) groups is 4. The summed E-state index contributed by atoms with van der Waals surface area (Å²) in [7, 11) is 1.23. The van der Waals surface area contributed by atoms with Crippen LogP contribution in [-0.2, 0) is 20.9 Å². The van der Waals surface area contributed by atoms with Crippen molar-refractivity contribution in [3.8, 4) is 0 Å². The molecule has 0 aliphatic carbocycles. The van der Waals surface area contributed by atoms with Crippen molar-refractivity contribution in [1.29, 1.82) is 0 Å². The van der Waals surface area contributed by atoms with E-state index in [2.05, 4.69) is 20.4 Å². The highest BCUT2D eigenvalue weighted by Crippen LogP contribution is 2.23. The molecule has 0 radical (unpaired) electrons. The molecule has 1 aliphatic heterocycles. The zero-order valence-electron chi connectivity index (χ0n) is 15.5. The number of urea groups is 1. The highest BCUT2D eigenvalue weighted by molar-refractivity contribution is 7.16. The summed E-state index contributed by atoms with van der Waals surface area (Å²) in [4.78, 5) is 53.9. The van der Waals surface area contributed by atoms with Gasteiger partial charge in [0.15, 0.2) is 10.8 Å². The number of amides is 4. The maximum absolute atomic E-state index is 13.3. The fourth-order valence-corrected chi connectivity index (χ4v) is 3.59. The first-order valence-electron chi connectivity index (χ1n) is 8.50. The normalized spacial score (nSPS) is 16.0. The van der Waals surface area contributed by atoms with Gasteiger partial charge in [-0.15, -0.1) is 11.3 Å². The summed E-state index contributed by atoms with van der Waals surface area (Å²) in [6, 6.07) is 3.85. The number of aromatic nitrogens is 1. The number of anilines is 1. The number of rotatable bonds is 6. The second-order valence-corrected chi connectivity index (χ2v) is 7.43. The van der Waals surface area contributed by atoms with Crippen LogP contribution < -0.4 is 10.6 Å².